The average molecular weight is 147 g/mol. The fraction of sp³-hybridized carbons (Fsp3) is 0.800. The van der Waals surface area contributed by atoms with Crippen molar-refractivity contribution < 1.29 is 9.22 Å². The van der Waals surface area contributed by atoms with Crippen LogP contribution in [0, 0.1) is 0 Å². The van der Waals surface area contributed by atoms with Crippen molar-refractivity contribution in [3.05, 3.63) is 0 Å². The highest BCUT2D eigenvalue weighted by molar-refractivity contribution is 6.72. The second-order valence-corrected chi connectivity index (χ2v) is 6.69. The van der Waals surface area contributed by atoms with E-state index in [-0.39, 0.29) is 5.97 Å². The van der Waals surface area contributed by atoms with Gasteiger partial charge in [-0.15, -0.1) is 0 Å². The highest BCUT2D eigenvalue weighted by Crippen LogP contribution is 2.00. The molecule has 0 amide bonds. The Morgan fingerprint density at radius 3 is 2.22 bits per heavy atom. The predicted octanol–water partition coefficient (Wildman–Crippen LogP) is 0.253. The summed E-state index contributed by atoms with van der Waals surface area (Å²) in [5.41, 5.74) is 5.34. The molecule has 2 N–H and O–H groups in total. The summed E-state index contributed by atoms with van der Waals surface area (Å²) in [5, 5.41) is 0. The summed E-state index contributed by atoms with van der Waals surface area (Å²) in [6.45, 7) is 5.23. The number of rotatable bonds is 2. The van der Waals surface area contributed by atoms with Gasteiger partial charge in [0.15, 0.2) is 0 Å². The quantitative estimate of drug-likeness (QED) is 0.570. The van der Waals surface area contributed by atoms with Crippen LogP contribution in [0.1, 0.15) is 6.92 Å². The van der Waals surface area contributed by atoms with E-state index in [1.165, 1.54) is 6.92 Å². The van der Waals surface area contributed by atoms with Gasteiger partial charge in [0, 0.05) is 13.1 Å². The fourth-order valence-electron chi connectivity index (χ4n) is 0.431. The lowest BCUT2D eigenvalue weighted by Crippen LogP contribution is -2.41. The Kier molecular flexibility index (Phi) is 2.86. The molecule has 0 aromatic heterocycles. The highest BCUT2D eigenvalue weighted by atomic mass is 28.4. The van der Waals surface area contributed by atoms with Gasteiger partial charge in [0.2, 0.25) is 0 Å². The molecule has 0 spiro atoms. The summed E-state index contributed by atoms with van der Waals surface area (Å²) in [5.74, 6) is -0.225. The minimum atomic E-state index is -1.81. The van der Waals surface area contributed by atoms with E-state index in [9.17, 15) is 4.79 Å². The summed E-state index contributed by atoms with van der Waals surface area (Å²) in [6.07, 6.45) is 0.493. The zero-order valence-corrected chi connectivity index (χ0v) is 7.10. The Bertz CT molecular complexity index is 114. The number of hydrogen-bond donors (Lipinski definition) is 1. The molecule has 4 heteroatoms. The van der Waals surface area contributed by atoms with Gasteiger partial charge in [-0.05, 0) is 13.1 Å². The summed E-state index contributed by atoms with van der Waals surface area (Å²) in [7, 11) is -1.81. The predicted molar refractivity (Wildman–Crippen MR) is 38.3 cm³/mol. The van der Waals surface area contributed by atoms with Crippen LogP contribution in [0.25, 0.3) is 0 Å². The number of carbonyl (C=O) groups is 1. The van der Waals surface area contributed by atoms with Crippen LogP contribution in [0.15, 0.2) is 0 Å². The monoisotopic (exact) mass is 147 g/mol. The Morgan fingerprint density at radius 2 is 2.11 bits per heavy atom. The van der Waals surface area contributed by atoms with Crippen LogP contribution in [0.3, 0.4) is 0 Å². The van der Waals surface area contributed by atoms with Gasteiger partial charge in [0.25, 0.3) is 14.3 Å². The molecule has 0 aliphatic heterocycles. The molecule has 0 saturated carbocycles. The molecule has 0 unspecified atom stereocenters. The van der Waals surface area contributed by atoms with E-state index in [1.807, 2.05) is 13.1 Å². The SMILES string of the molecule is CC(=O)O[Si](C)(C)CN. The third-order valence-corrected chi connectivity index (χ3v) is 2.73. The molecule has 3 nitrogen and oxygen atoms in total. The third kappa shape index (κ3) is 4.17. The largest absolute Gasteiger partial charge is 0.519 e. The van der Waals surface area contributed by atoms with E-state index in [4.69, 9.17) is 10.2 Å². The maximum Gasteiger partial charge on any atom is 0.289 e. The maximum atomic E-state index is 10.4. The van der Waals surface area contributed by atoms with Gasteiger partial charge in [-0.25, -0.2) is 0 Å². The molecule has 0 fully saturated rings. The molecule has 0 rings (SSSR count). The van der Waals surface area contributed by atoms with E-state index in [0.717, 1.165) is 0 Å². The van der Waals surface area contributed by atoms with E-state index in [2.05, 4.69) is 0 Å². The molecule has 0 saturated heterocycles. The standard InChI is InChI=1S/C5H13NO2Si/c1-5(7)8-9(2,3)4-6/h4,6H2,1-3H3. The Hall–Kier alpha value is -0.353. The van der Waals surface area contributed by atoms with Crippen LogP contribution in [0.5, 0.6) is 0 Å². The smallest absolute Gasteiger partial charge is 0.289 e. The molecule has 0 bridgehead atoms. The first-order valence-corrected chi connectivity index (χ1v) is 5.99. The Balaban J connectivity index is 3.71. The average Bonchev–Trinajstić information content (AvgIpc) is 1.63. The summed E-state index contributed by atoms with van der Waals surface area (Å²) in [6, 6.07) is 0. The topological polar surface area (TPSA) is 52.3 Å². The summed E-state index contributed by atoms with van der Waals surface area (Å²) >= 11 is 0. The van der Waals surface area contributed by atoms with Gasteiger partial charge in [0.05, 0.1) is 0 Å². The zero-order chi connectivity index (χ0) is 7.49. The van der Waals surface area contributed by atoms with Crippen molar-refractivity contribution in [2.45, 2.75) is 20.0 Å². The molecule has 0 aromatic rings. The first kappa shape index (κ1) is 8.65. The minimum Gasteiger partial charge on any atom is -0.519 e. The second-order valence-electron chi connectivity index (χ2n) is 2.56. The molecular formula is C5H13NO2Si. The Labute approximate surface area is 56.3 Å². The lowest BCUT2D eigenvalue weighted by atomic mass is 10.9. The van der Waals surface area contributed by atoms with Gasteiger partial charge < -0.3 is 10.2 Å². The molecular weight excluding hydrogens is 134 g/mol. The van der Waals surface area contributed by atoms with E-state index < -0.39 is 8.32 Å². The molecule has 0 aromatic carbocycles. The van der Waals surface area contributed by atoms with Gasteiger partial charge >= 0.3 is 0 Å². The van der Waals surface area contributed by atoms with Crippen LogP contribution in [0.4, 0.5) is 0 Å². The van der Waals surface area contributed by atoms with Gasteiger partial charge in [-0.2, -0.15) is 0 Å². The number of carbonyl (C=O) groups excluding carboxylic acids is 1. The molecule has 54 valence electrons. The second kappa shape index (κ2) is 2.98. The fourth-order valence-corrected chi connectivity index (χ4v) is 1.29. The van der Waals surface area contributed by atoms with Crippen molar-refractivity contribution in [2.75, 3.05) is 6.17 Å². The summed E-state index contributed by atoms with van der Waals surface area (Å²) < 4.78 is 4.96. The number of nitrogens with two attached hydrogens (primary N) is 1. The van der Waals surface area contributed by atoms with Gasteiger partial charge in [0.1, 0.15) is 0 Å². The molecule has 9 heavy (non-hydrogen) atoms. The van der Waals surface area contributed by atoms with Crippen molar-refractivity contribution in [1.29, 1.82) is 0 Å². The van der Waals surface area contributed by atoms with Crippen molar-refractivity contribution in [3.8, 4) is 0 Å². The molecule has 0 radical (unpaired) electrons. The van der Waals surface area contributed by atoms with E-state index in [0.29, 0.717) is 6.17 Å². The Morgan fingerprint density at radius 1 is 1.67 bits per heavy atom. The van der Waals surface area contributed by atoms with E-state index >= 15 is 0 Å². The molecule has 0 aliphatic carbocycles. The lowest BCUT2D eigenvalue weighted by Gasteiger charge is -2.18. The first-order chi connectivity index (χ1) is 3.98. The minimum absolute atomic E-state index is 0.225. The first-order valence-electron chi connectivity index (χ1n) is 2.87. The van der Waals surface area contributed by atoms with Gasteiger partial charge in [-0.3, -0.25) is 4.79 Å². The zero-order valence-electron chi connectivity index (χ0n) is 6.10. The lowest BCUT2D eigenvalue weighted by molar-refractivity contribution is -0.132. The van der Waals surface area contributed by atoms with Crippen LogP contribution >= 0.6 is 0 Å². The molecule has 0 aliphatic rings. The third-order valence-electron chi connectivity index (χ3n) is 0.912. The van der Waals surface area contributed by atoms with Crippen LogP contribution < -0.4 is 5.73 Å². The summed E-state index contributed by atoms with van der Waals surface area (Å²) in [4.78, 5) is 10.4. The van der Waals surface area contributed by atoms with Crippen LogP contribution in [0.2, 0.25) is 13.1 Å². The van der Waals surface area contributed by atoms with E-state index in [1.54, 1.807) is 0 Å². The normalized spacial score (nSPS) is 11.1. The van der Waals surface area contributed by atoms with Crippen LogP contribution in [-0.4, -0.2) is 20.5 Å². The van der Waals surface area contributed by atoms with Gasteiger partial charge in [-0.1, -0.05) is 0 Å². The van der Waals surface area contributed by atoms with Crippen molar-refractivity contribution >= 4 is 14.3 Å². The van der Waals surface area contributed by atoms with Crippen molar-refractivity contribution in [1.82, 2.24) is 0 Å². The van der Waals surface area contributed by atoms with Crippen molar-refractivity contribution in [3.63, 3.8) is 0 Å². The van der Waals surface area contributed by atoms with Crippen molar-refractivity contribution in [2.24, 2.45) is 5.73 Å². The molecule has 0 atom stereocenters. The maximum absolute atomic E-state index is 10.4. The number of hydrogen-bond acceptors (Lipinski definition) is 3. The highest BCUT2D eigenvalue weighted by Gasteiger charge is 2.22. The molecule has 0 heterocycles. The van der Waals surface area contributed by atoms with Crippen LogP contribution in [-0.2, 0) is 9.22 Å².